The summed E-state index contributed by atoms with van der Waals surface area (Å²) in [7, 11) is 0. The first-order valence-corrected chi connectivity index (χ1v) is 11.6. The summed E-state index contributed by atoms with van der Waals surface area (Å²) in [6.07, 6.45) is 3.24. The molecule has 33 heavy (non-hydrogen) atoms. The maximum Gasteiger partial charge on any atom is 0.335 e. The number of aromatic carboxylic acids is 1. The lowest BCUT2D eigenvalue weighted by atomic mass is 10.0. The Morgan fingerprint density at radius 2 is 1.88 bits per heavy atom. The summed E-state index contributed by atoms with van der Waals surface area (Å²) in [5.41, 5.74) is 2.59. The number of benzene rings is 2. The van der Waals surface area contributed by atoms with Crippen LogP contribution in [-0.2, 0) is 4.79 Å². The molecule has 7 nitrogen and oxygen atoms in total. The van der Waals surface area contributed by atoms with Gasteiger partial charge in [0.1, 0.15) is 0 Å². The Balaban J connectivity index is 2.01. The second kappa shape index (κ2) is 10.7. The molecule has 2 aromatic rings. The molecule has 0 aromatic heterocycles. The smallest absolute Gasteiger partial charge is 0.335 e. The third kappa shape index (κ3) is 5.63. The number of nitrogens with zero attached hydrogens (tertiary/aromatic N) is 2. The number of anilines is 1. The number of rotatable bonds is 9. The molecule has 0 radical (unpaired) electrons. The molecule has 1 aliphatic heterocycles. The predicted molar refractivity (Wildman–Crippen MR) is 132 cm³/mol. The molecule has 8 heteroatoms. The highest BCUT2D eigenvalue weighted by Crippen LogP contribution is 2.36. The van der Waals surface area contributed by atoms with E-state index in [1.165, 1.54) is 17.1 Å². The zero-order valence-corrected chi connectivity index (χ0v) is 20.7. The van der Waals surface area contributed by atoms with Gasteiger partial charge in [0.25, 0.3) is 5.91 Å². The molecule has 0 atom stereocenters. The molecule has 1 N–H and O–H groups in total. The summed E-state index contributed by atoms with van der Waals surface area (Å²) in [6.45, 7) is 8.30. The molecule has 0 fully saturated rings. The van der Waals surface area contributed by atoms with Crippen LogP contribution in [0.15, 0.2) is 51.5 Å². The van der Waals surface area contributed by atoms with Gasteiger partial charge in [0.15, 0.2) is 11.5 Å². The van der Waals surface area contributed by atoms with Crippen molar-refractivity contribution < 1.29 is 24.2 Å². The van der Waals surface area contributed by atoms with Crippen LogP contribution in [0, 0.1) is 0 Å². The molecule has 0 bridgehead atoms. The van der Waals surface area contributed by atoms with Crippen molar-refractivity contribution in [2.24, 2.45) is 5.10 Å². The average Bonchev–Trinajstić information content (AvgIpc) is 3.06. The van der Waals surface area contributed by atoms with E-state index in [1.807, 2.05) is 39.8 Å². The number of carboxylic acids is 1. The van der Waals surface area contributed by atoms with Gasteiger partial charge in [0.05, 0.1) is 35.2 Å². The Morgan fingerprint density at radius 1 is 1.18 bits per heavy atom. The second-order valence-corrected chi connectivity index (χ2v) is 8.60. The van der Waals surface area contributed by atoms with Crippen LogP contribution in [0.3, 0.4) is 0 Å². The maximum absolute atomic E-state index is 13.3. The minimum atomic E-state index is -1.02. The lowest BCUT2D eigenvalue weighted by Gasteiger charge is -2.16. The molecular weight excluding hydrogens is 488 g/mol. The van der Waals surface area contributed by atoms with Crippen molar-refractivity contribution in [3.63, 3.8) is 0 Å². The van der Waals surface area contributed by atoms with Crippen molar-refractivity contribution in [2.45, 2.75) is 46.6 Å². The molecule has 0 spiro atoms. The van der Waals surface area contributed by atoms with Gasteiger partial charge in [-0.1, -0.05) is 29.3 Å². The van der Waals surface area contributed by atoms with Crippen LogP contribution in [0.2, 0.25) is 0 Å². The summed E-state index contributed by atoms with van der Waals surface area (Å²) in [6, 6.07) is 9.77. The molecule has 0 saturated carbocycles. The van der Waals surface area contributed by atoms with Crippen molar-refractivity contribution in [1.82, 2.24) is 0 Å². The van der Waals surface area contributed by atoms with Crippen LogP contribution < -0.4 is 14.5 Å². The lowest BCUT2D eigenvalue weighted by molar-refractivity contribution is -0.114. The van der Waals surface area contributed by atoms with Gasteiger partial charge in [-0.05, 0) is 75.2 Å². The number of carbonyl (C=O) groups is 2. The van der Waals surface area contributed by atoms with E-state index in [-0.39, 0.29) is 17.6 Å². The quantitative estimate of drug-likeness (QED) is 0.419. The number of carbonyl (C=O) groups excluding carboxylic acids is 1. The van der Waals surface area contributed by atoms with E-state index in [9.17, 15) is 9.59 Å². The standard InChI is InChI=1S/C25H27BrN2O5/c1-5-7-21-19(24(29)28(27-21)18-10-8-16(9-11-18)25(30)31)12-17-13-22(32-6-2)23(14-20(17)26)33-15(3)4/h8-15H,5-7H2,1-4H3,(H,30,31)/b19-12+. The fourth-order valence-electron chi connectivity index (χ4n) is 3.38. The van der Waals surface area contributed by atoms with Gasteiger partial charge in [-0.3, -0.25) is 4.79 Å². The Morgan fingerprint density at radius 3 is 2.45 bits per heavy atom. The van der Waals surface area contributed by atoms with Crippen molar-refractivity contribution in [3.05, 3.63) is 57.6 Å². The van der Waals surface area contributed by atoms with Crippen LogP contribution in [0.5, 0.6) is 11.5 Å². The maximum atomic E-state index is 13.3. The molecule has 1 aliphatic rings. The minimum absolute atomic E-state index is 0.0129. The van der Waals surface area contributed by atoms with E-state index in [4.69, 9.17) is 14.6 Å². The molecule has 174 valence electrons. The fraction of sp³-hybridized carbons (Fsp3) is 0.320. The van der Waals surface area contributed by atoms with Crippen molar-refractivity contribution in [2.75, 3.05) is 11.6 Å². The van der Waals surface area contributed by atoms with E-state index in [0.29, 0.717) is 41.5 Å². The summed E-state index contributed by atoms with van der Waals surface area (Å²) in [5.74, 6) is -0.0678. The highest BCUT2D eigenvalue weighted by atomic mass is 79.9. The summed E-state index contributed by atoms with van der Waals surface area (Å²) in [5, 5.41) is 15.0. The largest absolute Gasteiger partial charge is 0.490 e. The van der Waals surface area contributed by atoms with Gasteiger partial charge >= 0.3 is 5.97 Å². The van der Waals surface area contributed by atoms with Crippen LogP contribution in [0.4, 0.5) is 5.69 Å². The summed E-state index contributed by atoms with van der Waals surface area (Å²) in [4.78, 5) is 24.4. The topological polar surface area (TPSA) is 88.4 Å². The Hall–Kier alpha value is -3.13. The Kier molecular flexibility index (Phi) is 7.92. The van der Waals surface area contributed by atoms with Crippen molar-refractivity contribution >= 4 is 45.3 Å². The van der Waals surface area contributed by atoms with E-state index in [0.717, 1.165) is 16.5 Å². The fourth-order valence-corrected chi connectivity index (χ4v) is 3.81. The predicted octanol–water partition coefficient (Wildman–Crippen LogP) is 5.92. The highest BCUT2D eigenvalue weighted by molar-refractivity contribution is 9.10. The summed E-state index contributed by atoms with van der Waals surface area (Å²) < 4.78 is 12.4. The van der Waals surface area contributed by atoms with Gasteiger partial charge in [0, 0.05) is 4.47 Å². The molecule has 1 amide bonds. The highest BCUT2D eigenvalue weighted by Gasteiger charge is 2.31. The molecule has 1 heterocycles. The van der Waals surface area contributed by atoms with Gasteiger partial charge in [-0.25, -0.2) is 4.79 Å². The van der Waals surface area contributed by atoms with Crippen LogP contribution in [0.1, 0.15) is 56.5 Å². The Bertz CT molecular complexity index is 1110. The van der Waals surface area contributed by atoms with Crippen LogP contribution in [-0.4, -0.2) is 35.4 Å². The van der Waals surface area contributed by atoms with E-state index >= 15 is 0 Å². The number of ether oxygens (including phenoxy) is 2. The number of carboxylic acid groups (broad SMARTS) is 1. The Labute approximate surface area is 201 Å². The van der Waals surface area contributed by atoms with Crippen molar-refractivity contribution in [3.8, 4) is 11.5 Å². The first-order chi connectivity index (χ1) is 15.7. The van der Waals surface area contributed by atoms with E-state index in [2.05, 4.69) is 21.0 Å². The van der Waals surface area contributed by atoms with Crippen LogP contribution >= 0.6 is 15.9 Å². The van der Waals surface area contributed by atoms with E-state index in [1.54, 1.807) is 18.2 Å². The normalized spacial score (nSPS) is 14.7. The van der Waals surface area contributed by atoms with Gasteiger partial charge in [-0.15, -0.1) is 0 Å². The summed E-state index contributed by atoms with van der Waals surface area (Å²) >= 11 is 3.59. The van der Waals surface area contributed by atoms with Crippen LogP contribution in [0.25, 0.3) is 6.08 Å². The molecule has 0 unspecified atom stereocenters. The number of hydrogen-bond donors (Lipinski definition) is 1. The first-order valence-electron chi connectivity index (χ1n) is 10.9. The molecule has 0 saturated heterocycles. The molecular formula is C25H27BrN2O5. The number of halogens is 1. The number of amides is 1. The van der Waals surface area contributed by atoms with E-state index < -0.39 is 5.97 Å². The number of hydrogen-bond acceptors (Lipinski definition) is 5. The monoisotopic (exact) mass is 514 g/mol. The number of hydrazone groups is 1. The second-order valence-electron chi connectivity index (χ2n) is 7.74. The zero-order chi connectivity index (χ0) is 24.1. The third-order valence-electron chi connectivity index (χ3n) is 4.83. The first kappa shape index (κ1) is 24.5. The SMILES string of the molecule is CCCC1=NN(c2ccc(C(=O)O)cc2)C(=O)/C1=C/c1cc(OCC)c(OC(C)C)cc1Br. The minimum Gasteiger partial charge on any atom is -0.490 e. The van der Waals surface area contributed by atoms with Gasteiger partial charge in [0.2, 0.25) is 0 Å². The third-order valence-corrected chi connectivity index (χ3v) is 5.51. The van der Waals surface area contributed by atoms with Gasteiger partial charge in [-0.2, -0.15) is 10.1 Å². The van der Waals surface area contributed by atoms with Crippen molar-refractivity contribution in [1.29, 1.82) is 0 Å². The molecule has 3 rings (SSSR count). The average molecular weight is 515 g/mol. The molecule has 2 aromatic carbocycles. The van der Waals surface area contributed by atoms with Gasteiger partial charge < -0.3 is 14.6 Å². The lowest BCUT2D eigenvalue weighted by Crippen LogP contribution is -2.21. The zero-order valence-electron chi connectivity index (χ0n) is 19.1. The molecule has 0 aliphatic carbocycles.